The number of esters is 1. The lowest BCUT2D eigenvalue weighted by Crippen LogP contribution is -2.50. The Morgan fingerprint density at radius 3 is 2.76 bits per heavy atom. The first kappa shape index (κ1) is 20.9. The molecule has 1 aromatic heterocycles. The lowest BCUT2D eigenvalue weighted by molar-refractivity contribution is -0.134. The van der Waals surface area contributed by atoms with Gasteiger partial charge in [0.25, 0.3) is 0 Å². The fraction of sp³-hybridized carbons (Fsp3) is 0.360. The van der Waals surface area contributed by atoms with Gasteiger partial charge in [0.2, 0.25) is 5.91 Å². The number of cyclic esters (lactones) is 1. The number of fused-ring (bicyclic) bond motifs is 2. The fourth-order valence-electron chi connectivity index (χ4n) is 4.93. The zero-order chi connectivity index (χ0) is 23.1. The number of nitrogens with zero attached hydrogens (tertiary/aromatic N) is 5. The van der Waals surface area contributed by atoms with E-state index in [9.17, 15) is 9.59 Å². The molecule has 0 spiro atoms. The van der Waals surface area contributed by atoms with E-state index in [0.717, 1.165) is 48.6 Å². The van der Waals surface area contributed by atoms with Crippen molar-refractivity contribution in [1.29, 1.82) is 0 Å². The van der Waals surface area contributed by atoms with Crippen molar-refractivity contribution in [3.8, 4) is 11.4 Å². The summed E-state index contributed by atoms with van der Waals surface area (Å²) >= 11 is 0. The van der Waals surface area contributed by atoms with Gasteiger partial charge in [0, 0.05) is 49.9 Å². The van der Waals surface area contributed by atoms with Crippen molar-refractivity contribution in [2.45, 2.75) is 18.9 Å². The van der Waals surface area contributed by atoms with Crippen molar-refractivity contribution in [3.05, 3.63) is 71.0 Å². The highest BCUT2D eigenvalue weighted by Crippen LogP contribution is 2.36. The first-order valence-electron chi connectivity index (χ1n) is 11.6. The molecule has 9 heteroatoms. The maximum Gasteiger partial charge on any atom is 0.338 e. The average molecular weight is 460 g/mol. The van der Waals surface area contributed by atoms with Crippen LogP contribution in [0.4, 0.5) is 0 Å². The Morgan fingerprint density at radius 1 is 1.06 bits per heavy atom. The van der Waals surface area contributed by atoms with E-state index < -0.39 is 0 Å². The van der Waals surface area contributed by atoms with E-state index in [-0.39, 0.29) is 17.8 Å². The van der Waals surface area contributed by atoms with E-state index in [0.29, 0.717) is 31.9 Å². The summed E-state index contributed by atoms with van der Waals surface area (Å²) in [6, 6.07) is 11.8. The Hall–Kier alpha value is -3.72. The molecule has 0 saturated carbocycles. The largest absolute Gasteiger partial charge is 0.492 e. The van der Waals surface area contributed by atoms with Crippen LogP contribution >= 0.6 is 0 Å². The molecule has 2 aromatic carbocycles. The molecule has 3 aromatic rings. The van der Waals surface area contributed by atoms with Crippen LogP contribution in [0.25, 0.3) is 5.69 Å². The van der Waals surface area contributed by atoms with Crippen LogP contribution in [0.2, 0.25) is 0 Å². The summed E-state index contributed by atoms with van der Waals surface area (Å²) < 4.78 is 12.6. The van der Waals surface area contributed by atoms with Gasteiger partial charge in [-0.25, -0.2) is 9.48 Å². The van der Waals surface area contributed by atoms with Gasteiger partial charge >= 0.3 is 5.97 Å². The Morgan fingerprint density at radius 2 is 1.94 bits per heavy atom. The molecular formula is C25H25N5O4. The maximum atomic E-state index is 13.3. The molecule has 1 saturated heterocycles. The standard InChI is InChI=1S/C25H25N5O4/c31-24(22-16-33-23-14-19(2-4-21(22)23)30-8-6-26-27-30)29-11-9-28(10-12-29)7-5-17-1-3-20-18(13-17)15-34-25(20)32/h1-4,6,8,13-14,22H,5,7,9-12,15-16H2. The highest BCUT2D eigenvalue weighted by Gasteiger charge is 2.35. The molecule has 0 N–H and O–H groups in total. The minimum Gasteiger partial charge on any atom is -0.492 e. The van der Waals surface area contributed by atoms with Crippen LogP contribution in [-0.2, 0) is 22.6 Å². The smallest absolute Gasteiger partial charge is 0.338 e. The van der Waals surface area contributed by atoms with Gasteiger partial charge in [0.1, 0.15) is 24.9 Å². The summed E-state index contributed by atoms with van der Waals surface area (Å²) in [7, 11) is 0. The summed E-state index contributed by atoms with van der Waals surface area (Å²) in [6.45, 7) is 4.81. The van der Waals surface area contributed by atoms with Crippen LogP contribution in [0, 0.1) is 0 Å². The first-order valence-corrected chi connectivity index (χ1v) is 11.6. The lowest BCUT2D eigenvalue weighted by Gasteiger charge is -2.35. The number of hydrogen-bond acceptors (Lipinski definition) is 7. The number of carbonyl (C=O) groups is 2. The zero-order valence-corrected chi connectivity index (χ0v) is 18.7. The van der Waals surface area contributed by atoms with E-state index in [1.807, 2.05) is 35.2 Å². The quantitative estimate of drug-likeness (QED) is 0.538. The van der Waals surface area contributed by atoms with Crippen molar-refractivity contribution in [2.75, 3.05) is 39.3 Å². The second-order valence-corrected chi connectivity index (χ2v) is 8.92. The van der Waals surface area contributed by atoms with Crippen LogP contribution in [0.5, 0.6) is 5.75 Å². The van der Waals surface area contributed by atoms with Crippen LogP contribution in [0.3, 0.4) is 0 Å². The molecule has 0 radical (unpaired) electrons. The van der Waals surface area contributed by atoms with Crippen molar-refractivity contribution in [2.24, 2.45) is 0 Å². The molecule has 174 valence electrons. The topological polar surface area (TPSA) is 89.8 Å². The Kier molecular flexibility index (Phi) is 5.26. The molecule has 1 amide bonds. The molecule has 6 rings (SSSR count). The molecule has 1 unspecified atom stereocenters. The number of aromatic nitrogens is 3. The van der Waals surface area contributed by atoms with Crippen LogP contribution in [-0.4, -0.2) is 76.0 Å². The Bertz CT molecular complexity index is 1230. The van der Waals surface area contributed by atoms with Gasteiger partial charge in [-0.15, -0.1) is 5.10 Å². The number of hydrogen-bond donors (Lipinski definition) is 0. The summed E-state index contributed by atoms with van der Waals surface area (Å²) in [5.41, 5.74) is 4.67. The minimum absolute atomic E-state index is 0.134. The number of benzene rings is 2. The summed E-state index contributed by atoms with van der Waals surface area (Å²) in [5.74, 6) is 0.387. The van der Waals surface area contributed by atoms with Crippen LogP contribution in [0.15, 0.2) is 48.8 Å². The second-order valence-electron chi connectivity index (χ2n) is 8.92. The molecule has 1 fully saturated rings. The van der Waals surface area contributed by atoms with Crippen LogP contribution < -0.4 is 4.74 Å². The van der Waals surface area contributed by atoms with Gasteiger partial charge in [-0.3, -0.25) is 9.69 Å². The summed E-state index contributed by atoms with van der Waals surface area (Å²) in [6.07, 6.45) is 4.31. The number of piperazine rings is 1. The van der Waals surface area contributed by atoms with Gasteiger partial charge in [-0.05, 0) is 24.1 Å². The number of ether oxygens (including phenoxy) is 2. The van der Waals surface area contributed by atoms with Gasteiger partial charge < -0.3 is 14.4 Å². The van der Waals surface area contributed by atoms with E-state index in [1.54, 1.807) is 17.1 Å². The van der Waals surface area contributed by atoms with E-state index >= 15 is 0 Å². The fourth-order valence-corrected chi connectivity index (χ4v) is 4.93. The molecule has 34 heavy (non-hydrogen) atoms. The average Bonchev–Trinajstić information content (AvgIpc) is 3.63. The molecule has 1 atom stereocenters. The molecule has 0 bridgehead atoms. The zero-order valence-electron chi connectivity index (χ0n) is 18.7. The second kappa shape index (κ2) is 8.57. The van der Waals surface area contributed by atoms with E-state index in [4.69, 9.17) is 9.47 Å². The molecule has 9 nitrogen and oxygen atoms in total. The predicted molar refractivity (Wildman–Crippen MR) is 122 cm³/mol. The lowest BCUT2D eigenvalue weighted by atomic mass is 9.99. The third-order valence-corrected chi connectivity index (χ3v) is 6.91. The number of carbonyl (C=O) groups excluding carboxylic acids is 2. The van der Waals surface area contributed by atoms with Crippen LogP contribution in [0.1, 0.15) is 33.0 Å². The third-order valence-electron chi connectivity index (χ3n) is 6.91. The van der Waals surface area contributed by atoms with E-state index in [1.165, 1.54) is 5.56 Å². The number of amides is 1. The third kappa shape index (κ3) is 3.81. The van der Waals surface area contributed by atoms with Gasteiger partial charge in [0.15, 0.2) is 0 Å². The van der Waals surface area contributed by atoms with Crippen molar-refractivity contribution in [1.82, 2.24) is 24.8 Å². The first-order chi connectivity index (χ1) is 16.7. The number of rotatable bonds is 5. The van der Waals surface area contributed by atoms with Crippen molar-refractivity contribution in [3.63, 3.8) is 0 Å². The highest BCUT2D eigenvalue weighted by molar-refractivity contribution is 5.93. The normalized spacial score (nSPS) is 19.5. The summed E-state index contributed by atoms with van der Waals surface area (Å²) in [5, 5.41) is 7.85. The molecule has 0 aliphatic carbocycles. The van der Waals surface area contributed by atoms with Gasteiger partial charge in [0.05, 0.1) is 23.6 Å². The minimum atomic E-state index is -0.261. The van der Waals surface area contributed by atoms with Crippen molar-refractivity contribution >= 4 is 11.9 Å². The maximum absolute atomic E-state index is 13.3. The Balaban J connectivity index is 1.03. The van der Waals surface area contributed by atoms with Gasteiger partial charge in [-0.1, -0.05) is 23.4 Å². The molecule has 3 aliphatic rings. The van der Waals surface area contributed by atoms with E-state index in [2.05, 4.69) is 21.3 Å². The monoisotopic (exact) mass is 459 g/mol. The highest BCUT2D eigenvalue weighted by atomic mass is 16.5. The summed E-state index contributed by atoms with van der Waals surface area (Å²) in [4.78, 5) is 29.2. The SMILES string of the molecule is O=C1OCc2cc(CCN3CCN(C(=O)C4COc5cc(-n6ccnn6)ccc54)CC3)ccc21. The Labute approximate surface area is 196 Å². The predicted octanol–water partition coefficient (Wildman–Crippen LogP) is 1.80. The molecular weight excluding hydrogens is 434 g/mol. The van der Waals surface area contributed by atoms with Crippen molar-refractivity contribution < 1.29 is 19.1 Å². The van der Waals surface area contributed by atoms with Gasteiger partial charge in [-0.2, -0.15) is 0 Å². The molecule has 4 heterocycles. The molecule has 3 aliphatic heterocycles.